The molecule has 0 saturated carbocycles. The zero-order chi connectivity index (χ0) is 18.0. The zero-order valence-corrected chi connectivity index (χ0v) is 15.7. The molecule has 1 aliphatic heterocycles. The normalized spacial score (nSPS) is 16.8. The number of nitrogens with zero attached hydrogens (tertiary/aromatic N) is 1. The van der Waals surface area contributed by atoms with Crippen LogP contribution in [0.3, 0.4) is 0 Å². The predicted molar refractivity (Wildman–Crippen MR) is 98.9 cm³/mol. The van der Waals surface area contributed by atoms with E-state index in [0.29, 0.717) is 17.1 Å². The van der Waals surface area contributed by atoms with Crippen LogP contribution in [-0.4, -0.2) is 31.4 Å². The van der Waals surface area contributed by atoms with E-state index in [0.717, 1.165) is 10.2 Å². The van der Waals surface area contributed by atoms with E-state index < -0.39 is 11.9 Å². The molecule has 0 spiro atoms. The number of amides is 2. The highest BCUT2D eigenvalue weighted by Gasteiger charge is 2.35. The smallest absolute Gasteiger partial charge is 0.350 e. The minimum Gasteiger partial charge on any atom is -0.465 e. The van der Waals surface area contributed by atoms with Crippen molar-refractivity contribution in [3.63, 3.8) is 0 Å². The lowest BCUT2D eigenvalue weighted by Gasteiger charge is -2.16. The van der Waals surface area contributed by atoms with Crippen LogP contribution in [0.4, 0.5) is 11.4 Å². The van der Waals surface area contributed by atoms with Gasteiger partial charge in [-0.3, -0.25) is 9.59 Å². The molecule has 1 saturated heterocycles. The number of rotatable bonds is 4. The maximum absolute atomic E-state index is 12.5. The van der Waals surface area contributed by atoms with Gasteiger partial charge in [-0.2, -0.15) is 0 Å². The lowest BCUT2D eigenvalue weighted by atomic mass is 10.1. The number of hydrogen-bond acceptors (Lipinski definition) is 5. The summed E-state index contributed by atoms with van der Waals surface area (Å²) in [5.41, 5.74) is 1.17. The quantitative estimate of drug-likeness (QED) is 0.766. The second-order valence-electron chi connectivity index (χ2n) is 5.53. The largest absolute Gasteiger partial charge is 0.465 e. The fourth-order valence-corrected chi connectivity index (χ4v) is 3.68. The molecule has 1 aromatic carbocycles. The highest BCUT2D eigenvalue weighted by atomic mass is 79.9. The van der Waals surface area contributed by atoms with Crippen molar-refractivity contribution < 1.29 is 19.1 Å². The zero-order valence-electron chi connectivity index (χ0n) is 13.3. The number of carbonyl (C=O) groups excluding carboxylic acids is 3. The molecule has 3 rings (SSSR count). The van der Waals surface area contributed by atoms with E-state index in [1.54, 1.807) is 16.3 Å². The Labute approximate surface area is 156 Å². The summed E-state index contributed by atoms with van der Waals surface area (Å²) in [6.45, 7) is 0.310. The third kappa shape index (κ3) is 3.74. The molecule has 1 aliphatic rings. The van der Waals surface area contributed by atoms with E-state index in [-0.39, 0.29) is 18.2 Å². The molecule has 2 amide bonds. The monoisotopic (exact) mass is 422 g/mol. The second-order valence-corrected chi connectivity index (χ2v) is 7.36. The van der Waals surface area contributed by atoms with Crippen molar-refractivity contribution in [3.8, 4) is 0 Å². The van der Waals surface area contributed by atoms with Gasteiger partial charge in [0.15, 0.2) is 0 Å². The van der Waals surface area contributed by atoms with Crippen molar-refractivity contribution in [2.24, 2.45) is 5.92 Å². The van der Waals surface area contributed by atoms with Crippen molar-refractivity contribution >= 4 is 56.4 Å². The van der Waals surface area contributed by atoms with Crippen LogP contribution in [0, 0.1) is 5.92 Å². The highest BCUT2D eigenvalue weighted by Crippen LogP contribution is 2.29. The number of benzene rings is 1. The number of esters is 1. The van der Waals surface area contributed by atoms with Crippen LogP contribution < -0.4 is 10.2 Å². The Morgan fingerprint density at radius 2 is 2.00 bits per heavy atom. The molecule has 1 atom stereocenters. The maximum atomic E-state index is 12.5. The van der Waals surface area contributed by atoms with E-state index >= 15 is 0 Å². The topological polar surface area (TPSA) is 75.7 Å². The number of anilines is 2. The first-order valence-electron chi connectivity index (χ1n) is 7.52. The van der Waals surface area contributed by atoms with Gasteiger partial charge in [-0.1, -0.05) is 15.9 Å². The Bertz CT molecular complexity index is 818. The van der Waals surface area contributed by atoms with E-state index in [2.05, 4.69) is 21.2 Å². The number of nitrogens with one attached hydrogen (secondary N) is 1. The number of carbonyl (C=O) groups is 3. The predicted octanol–water partition coefficient (Wildman–Crippen LogP) is 3.29. The fourth-order valence-electron chi connectivity index (χ4n) is 2.65. The van der Waals surface area contributed by atoms with Gasteiger partial charge >= 0.3 is 5.97 Å². The van der Waals surface area contributed by atoms with Gasteiger partial charge in [0.1, 0.15) is 4.88 Å². The first-order valence-corrected chi connectivity index (χ1v) is 9.19. The van der Waals surface area contributed by atoms with Gasteiger partial charge in [0.25, 0.3) is 0 Å². The summed E-state index contributed by atoms with van der Waals surface area (Å²) in [6.07, 6.45) is 0.138. The molecule has 0 radical (unpaired) electrons. The van der Waals surface area contributed by atoms with E-state index in [9.17, 15) is 14.4 Å². The van der Waals surface area contributed by atoms with Crippen LogP contribution in [0.15, 0.2) is 40.2 Å². The van der Waals surface area contributed by atoms with Gasteiger partial charge in [-0.05, 0) is 35.7 Å². The van der Waals surface area contributed by atoms with Gasteiger partial charge < -0.3 is 15.0 Å². The molecule has 130 valence electrons. The molecule has 6 nitrogen and oxygen atoms in total. The minimum absolute atomic E-state index is 0.0963. The lowest BCUT2D eigenvalue weighted by Crippen LogP contribution is -2.28. The third-order valence-electron chi connectivity index (χ3n) is 3.93. The standard InChI is InChI=1S/C17H15BrN2O4S/c1-24-17(23)15-13(6-7-25-15)19-16(22)10-8-14(21)20(9-10)12-4-2-11(18)3-5-12/h2-7,10H,8-9H2,1H3,(H,19,22). The number of halogens is 1. The Kier molecular flexibility index (Phi) is 5.19. The van der Waals surface area contributed by atoms with E-state index in [4.69, 9.17) is 4.74 Å². The van der Waals surface area contributed by atoms with Crippen molar-refractivity contribution in [2.45, 2.75) is 6.42 Å². The highest BCUT2D eigenvalue weighted by molar-refractivity contribution is 9.10. The lowest BCUT2D eigenvalue weighted by molar-refractivity contribution is -0.122. The number of hydrogen-bond donors (Lipinski definition) is 1. The molecular formula is C17H15BrN2O4S. The minimum atomic E-state index is -0.496. The fraction of sp³-hybridized carbons (Fsp3) is 0.235. The summed E-state index contributed by atoms with van der Waals surface area (Å²) >= 11 is 4.55. The van der Waals surface area contributed by atoms with Gasteiger partial charge in [0, 0.05) is 23.1 Å². The van der Waals surface area contributed by atoms with Crippen molar-refractivity contribution in [3.05, 3.63) is 45.1 Å². The van der Waals surface area contributed by atoms with Crippen LogP contribution in [0.2, 0.25) is 0 Å². The van der Waals surface area contributed by atoms with Gasteiger partial charge in [0.05, 0.1) is 18.7 Å². The maximum Gasteiger partial charge on any atom is 0.350 e. The van der Waals surface area contributed by atoms with Crippen LogP contribution in [0.1, 0.15) is 16.1 Å². The number of methoxy groups -OCH3 is 1. The summed E-state index contributed by atoms with van der Waals surface area (Å²) < 4.78 is 5.62. The van der Waals surface area contributed by atoms with Crippen LogP contribution in [0.25, 0.3) is 0 Å². The summed E-state index contributed by atoms with van der Waals surface area (Å²) in [5.74, 6) is -1.34. The second kappa shape index (κ2) is 7.37. The first kappa shape index (κ1) is 17.6. The Morgan fingerprint density at radius 1 is 1.28 bits per heavy atom. The Morgan fingerprint density at radius 3 is 2.68 bits per heavy atom. The number of thiophene rings is 1. The van der Waals surface area contributed by atoms with Crippen molar-refractivity contribution in [2.75, 3.05) is 23.9 Å². The van der Waals surface area contributed by atoms with Crippen LogP contribution in [0.5, 0.6) is 0 Å². The summed E-state index contributed by atoms with van der Waals surface area (Å²) in [6, 6.07) is 9.01. The Balaban J connectivity index is 1.70. The van der Waals surface area contributed by atoms with Gasteiger partial charge in [0.2, 0.25) is 11.8 Å². The third-order valence-corrected chi connectivity index (χ3v) is 5.35. The average Bonchev–Trinajstić information content (AvgIpc) is 3.21. The molecule has 1 unspecified atom stereocenters. The van der Waals surface area contributed by atoms with E-state index in [1.165, 1.54) is 18.4 Å². The van der Waals surface area contributed by atoms with E-state index in [1.807, 2.05) is 24.3 Å². The first-order chi connectivity index (χ1) is 12.0. The Hall–Kier alpha value is -2.19. The van der Waals surface area contributed by atoms with Gasteiger partial charge in [-0.15, -0.1) is 11.3 Å². The SMILES string of the molecule is COC(=O)c1sccc1NC(=O)C1CC(=O)N(c2ccc(Br)cc2)C1. The molecular weight excluding hydrogens is 408 g/mol. The van der Waals surface area contributed by atoms with Crippen LogP contribution >= 0.6 is 27.3 Å². The average molecular weight is 423 g/mol. The summed E-state index contributed by atoms with van der Waals surface area (Å²) in [7, 11) is 1.29. The van der Waals surface area contributed by atoms with Gasteiger partial charge in [-0.25, -0.2) is 4.79 Å². The van der Waals surface area contributed by atoms with Crippen LogP contribution in [-0.2, 0) is 14.3 Å². The molecule has 1 fully saturated rings. The number of ether oxygens (including phenoxy) is 1. The van der Waals surface area contributed by atoms with Crippen molar-refractivity contribution in [1.29, 1.82) is 0 Å². The molecule has 0 bridgehead atoms. The molecule has 2 aromatic rings. The summed E-state index contributed by atoms with van der Waals surface area (Å²) in [4.78, 5) is 38.4. The molecule has 1 N–H and O–H groups in total. The molecule has 0 aliphatic carbocycles. The molecule has 8 heteroatoms. The molecule has 1 aromatic heterocycles. The summed E-state index contributed by atoms with van der Waals surface area (Å²) in [5, 5.41) is 4.44. The molecule has 25 heavy (non-hydrogen) atoms. The molecule has 2 heterocycles. The van der Waals surface area contributed by atoms with Crippen molar-refractivity contribution in [1.82, 2.24) is 0 Å².